The Kier molecular flexibility index (Phi) is 4.62. The van der Waals surface area contributed by atoms with Gasteiger partial charge < -0.3 is 9.26 Å². The third kappa shape index (κ3) is 2.97. The fraction of sp³-hybridized carbons (Fsp3) is 0.176. The van der Waals surface area contributed by atoms with Gasteiger partial charge in [-0.1, -0.05) is 30.3 Å². The molecule has 0 bridgehead atoms. The Morgan fingerprint density at radius 2 is 1.91 bits per heavy atom. The number of methoxy groups -OCH3 is 1. The van der Waals surface area contributed by atoms with Gasteiger partial charge in [-0.2, -0.15) is 0 Å². The minimum atomic E-state index is -3.47. The number of hydrogen-bond donors (Lipinski definition) is 0. The molecule has 1 aliphatic heterocycles. The van der Waals surface area contributed by atoms with Gasteiger partial charge in [0.25, 0.3) is 0 Å². The molecule has 3 rings (SSSR count). The molecule has 0 fully saturated rings. The molecule has 0 aliphatic carbocycles. The Hall–Kier alpha value is -1.55. The summed E-state index contributed by atoms with van der Waals surface area (Å²) in [4.78, 5) is 0. The average Bonchev–Trinajstić information content (AvgIpc) is 2.59. The van der Waals surface area contributed by atoms with Crippen LogP contribution in [-0.2, 0) is 13.6 Å². The van der Waals surface area contributed by atoms with Crippen LogP contribution < -0.4 is 10.0 Å². The fourth-order valence-corrected chi connectivity index (χ4v) is 5.18. The van der Waals surface area contributed by atoms with Crippen molar-refractivity contribution in [2.24, 2.45) is 0 Å². The molecule has 0 saturated carbocycles. The van der Waals surface area contributed by atoms with Crippen molar-refractivity contribution in [3.05, 3.63) is 59.7 Å². The van der Waals surface area contributed by atoms with Gasteiger partial charge in [-0.05, 0) is 41.1 Å². The second-order valence-corrected chi connectivity index (χ2v) is 7.61. The van der Waals surface area contributed by atoms with E-state index in [-0.39, 0.29) is 6.61 Å². The monoisotopic (exact) mass is 394 g/mol. The van der Waals surface area contributed by atoms with E-state index in [1.165, 1.54) is 0 Å². The van der Waals surface area contributed by atoms with Crippen molar-refractivity contribution in [2.75, 3.05) is 13.7 Å². The topological polar surface area (TPSA) is 44.8 Å². The molecule has 0 saturated heterocycles. The summed E-state index contributed by atoms with van der Waals surface area (Å²) in [5.74, 6) is 1.12. The first-order valence-electron chi connectivity index (χ1n) is 7.17. The van der Waals surface area contributed by atoms with Gasteiger partial charge in [-0.3, -0.25) is 4.52 Å². The van der Waals surface area contributed by atoms with E-state index in [4.69, 9.17) is 13.8 Å². The maximum Gasteiger partial charge on any atom is 0.411 e. The first-order valence-corrected chi connectivity index (χ1v) is 9.51. The van der Waals surface area contributed by atoms with Crippen molar-refractivity contribution in [2.45, 2.75) is 6.92 Å². The molecule has 0 radical (unpaired) electrons. The van der Waals surface area contributed by atoms with Crippen LogP contribution in [0.15, 0.2) is 48.5 Å². The SMILES string of the molecule is CCOP1(=O)OC(c2ccccc2)=C(Br)c2ccc(OC)cc21. The van der Waals surface area contributed by atoms with E-state index >= 15 is 0 Å². The summed E-state index contributed by atoms with van der Waals surface area (Å²) in [6.07, 6.45) is 0. The summed E-state index contributed by atoms with van der Waals surface area (Å²) in [6, 6.07) is 14.9. The maximum absolute atomic E-state index is 13.3. The molecule has 0 spiro atoms. The molecular formula is C17H16BrO4P. The lowest BCUT2D eigenvalue weighted by molar-refractivity contribution is 0.279. The van der Waals surface area contributed by atoms with Crippen LogP contribution in [0.4, 0.5) is 0 Å². The second-order valence-electron chi connectivity index (χ2n) is 4.90. The fourth-order valence-electron chi connectivity index (χ4n) is 2.42. The van der Waals surface area contributed by atoms with Crippen molar-refractivity contribution in [1.29, 1.82) is 0 Å². The Bertz CT molecular complexity index is 801. The van der Waals surface area contributed by atoms with Gasteiger partial charge in [0, 0.05) is 11.1 Å². The van der Waals surface area contributed by atoms with Crippen LogP contribution in [0.2, 0.25) is 0 Å². The maximum atomic E-state index is 13.3. The quantitative estimate of drug-likeness (QED) is 0.698. The lowest BCUT2D eigenvalue weighted by Crippen LogP contribution is -2.19. The molecule has 1 unspecified atom stereocenters. The minimum absolute atomic E-state index is 0.285. The van der Waals surface area contributed by atoms with E-state index in [9.17, 15) is 4.57 Å². The zero-order valence-corrected chi connectivity index (χ0v) is 15.3. The van der Waals surface area contributed by atoms with Crippen LogP contribution >= 0.6 is 23.5 Å². The summed E-state index contributed by atoms with van der Waals surface area (Å²) in [7, 11) is -1.90. The molecular weight excluding hydrogens is 379 g/mol. The molecule has 0 aromatic heterocycles. The van der Waals surface area contributed by atoms with Crippen LogP contribution in [0, 0.1) is 0 Å². The second kappa shape index (κ2) is 6.52. The molecule has 1 heterocycles. The van der Waals surface area contributed by atoms with Gasteiger partial charge in [0.2, 0.25) is 0 Å². The highest BCUT2D eigenvalue weighted by atomic mass is 79.9. The van der Waals surface area contributed by atoms with Crippen LogP contribution in [-0.4, -0.2) is 13.7 Å². The first-order chi connectivity index (χ1) is 11.1. The van der Waals surface area contributed by atoms with Gasteiger partial charge in [0.15, 0.2) is 5.76 Å². The van der Waals surface area contributed by atoms with Crippen LogP contribution in [0.25, 0.3) is 10.2 Å². The van der Waals surface area contributed by atoms with Crippen LogP contribution in [0.5, 0.6) is 5.75 Å². The van der Waals surface area contributed by atoms with E-state index in [2.05, 4.69) is 15.9 Å². The number of fused-ring (bicyclic) bond motifs is 1. The zero-order valence-electron chi connectivity index (χ0n) is 12.8. The summed E-state index contributed by atoms with van der Waals surface area (Å²) in [6.45, 7) is 2.08. The predicted molar refractivity (Wildman–Crippen MR) is 95.1 cm³/mol. The third-order valence-electron chi connectivity index (χ3n) is 3.48. The largest absolute Gasteiger partial charge is 0.497 e. The standard InChI is InChI=1S/C17H16BrO4P/c1-3-21-23(19)15-11-13(20-2)9-10-14(15)16(18)17(22-23)12-7-5-4-6-8-12/h4-11H,3H2,1-2H3. The summed E-state index contributed by atoms with van der Waals surface area (Å²) >= 11 is 3.58. The van der Waals surface area contributed by atoms with Gasteiger partial charge in [0.1, 0.15) is 5.75 Å². The number of halogens is 1. The van der Waals surface area contributed by atoms with Gasteiger partial charge in [-0.15, -0.1) is 0 Å². The van der Waals surface area contributed by atoms with E-state index in [0.717, 1.165) is 15.6 Å². The van der Waals surface area contributed by atoms with E-state index < -0.39 is 7.60 Å². The highest BCUT2D eigenvalue weighted by Gasteiger charge is 2.39. The smallest absolute Gasteiger partial charge is 0.411 e. The number of rotatable bonds is 4. The number of ether oxygens (including phenoxy) is 1. The van der Waals surface area contributed by atoms with Crippen LogP contribution in [0.3, 0.4) is 0 Å². The lowest BCUT2D eigenvalue weighted by atomic mass is 10.1. The average molecular weight is 395 g/mol. The van der Waals surface area contributed by atoms with Gasteiger partial charge in [-0.25, -0.2) is 4.57 Å². The first kappa shape index (κ1) is 16.3. The van der Waals surface area contributed by atoms with Crippen LogP contribution in [0.1, 0.15) is 18.1 Å². The highest BCUT2D eigenvalue weighted by molar-refractivity contribution is 9.15. The molecule has 1 atom stereocenters. The summed E-state index contributed by atoms with van der Waals surface area (Å²) in [5, 5.41) is 0.505. The molecule has 23 heavy (non-hydrogen) atoms. The molecule has 4 nitrogen and oxygen atoms in total. The number of hydrogen-bond acceptors (Lipinski definition) is 4. The third-order valence-corrected chi connectivity index (χ3v) is 6.25. The highest BCUT2D eigenvalue weighted by Crippen LogP contribution is 2.57. The Labute approximate surface area is 143 Å². The zero-order chi connectivity index (χ0) is 16.4. The van der Waals surface area contributed by atoms with Crippen molar-refractivity contribution in [3.63, 3.8) is 0 Å². The van der Waals surface area contributed by atoms with E-state index in [1.54, 1.807) is 20.1 Å². The summed E-state index contributed by atoms with van der Waals surface area (Å²) in [5.41, 5.74) is 1.62. The van der Waals surface area contributed by atoms with E-state index in [1.807, 2.05) is 42.5 Å². The Morgan fingerprint density at radius 1 is 1.17 bits per heavy atom. The van der Waals surface area contributed by atoms with Gasteiger partial charge >= 0.3 is 7.60 Å². The normalized spacial score (nSPS) is 20.0. The predicted octanol–water partition coefficient (Wildman–Crippen LogP) is 4.80. The molecule has 2 aromatic rings. The minimum Gasteiger partial charge on any atom is -0.497 e. The molecule has 2 aromatic carbocycles. The number of benzene rings is 2. The Morgan fingerprint density at radius 3 is 2.57 bits per heavy atom. The molecule has 6 heteroatoms. The molecule has 0 amide bonds. The van der Waals surface area contributed by atoms with E-state index in [0.29, 0.717) is 16.8 Å². The van der Waals surface area contributed by atoms with Crippen molar-refractivity contribution in [3.8, 4) is 5.75 Å². The van der Waals surface area contributed by atoms with Crippen molar-refractivity contribution >= 4 is 39.1 Å². The van der Waals surface area contributed by atoms with Crippen molar-refractivity contribution < 1.29 is 18.3 Å². The summed E-state index contributed by atoms with van der Waals surface area (Å²) < 4.78 is 30.6. The van der Waals surface area contributed by atoms with Crippen molar-refractivity contribution in [1.82, 2.24) is 0 Å². The molecule has 0 N–H and O–H groups in total. The molecule has 1 aliphatic rings. The lowest BCUT2D eigenvalue weighted by Gasteiger charge is -2.28. The van der Waals surface area contributed by atoms with Gasteiger partial charge in [0.05, 0.1) is 23.5 Å². The Balaban J connectivity index is 2.22. The molecule has 120 valence electrons.